The van der Waals surface area contributed by atoms with Crippen LogP contribution in [0.5, 0.6) is 0 Å². The van der Waals surface area contributed by atoms with Gasteiger partial charge in [-0.2, -0.15) is 0 Å². The van der Waals surface area contributed by atoms with Gasteiger partial charge in [-0.3, -0.25) is 4.98 Å². The minimum Gasteiger partial charge on any atom is -0.316 e. The minimum absolute atomic E-state index is 0.422. The SMILES string of the molecule is CNC1C(CN(C)Cc2ccccn2)CCC1(C)C. The van der Waals surface area contributed by atoms with Gasteiger partial charge in [0.25, 0.3) is 0 Å². The zero-order valence-corrected chi connectivity index (χ0v) is 12.7. The molecule has 1 aromatic rings. The Morgan fingerprint density at radius 2 is 2.21 bits per heavy atom. The molecule has 0 saturated heterocycles. The van der Waals surface area contributed by atoms with Crippen molar-refractivity contribution >= 4 is 0 Å². The maximum absolute atomic E-state index is 4.40. The van der Waals surface area contributed by atoms with Gasteiger partial charge in [0.15, 0.2) is 0 Å². The Kier molecular flexibility index (Phi) is 4.58. The molecule has 1 fully saturated rings. The van der Waals surface area contributed by atoms with Crippen LogP contribution in [0.1, 0.15) is 32.4 Å². The van der Waals surface area contributed by atoms with E-state index in [-0.39, 0.29) is 0 Å². The van der Waals surface area contributed by atoms with E-state index in [1.54, 1.807) is 0 Å². The summed E-state index contributed by atoms with van der Waals surface area (Å²) in [6.07, 6.45) is 4.52. The first-order chi connectivity index (χ1) is 9.03. The fourth-order valence-corrected chi connectivity index (χ4v) is 3.57. The predicted octanol–water partition coefficient (Wildman–Crippen LogP) is 2.54. The number of pyridine rings is 1. The number of aromatic nitrogens is 1. The van der Waals surface area contributed by atoms with Gasteiger partial charge in [-0.25, -0.2) is 0 Å². The van der Waals surface area contributed by atoms with Gasteiger partial charge in [0.1, 0.15) is 0 Å². The highest BCUT2D eigenvalue weighted by molar-refractivity contribution is 5.03. The second-order valence-electron chi connectivity index (χ2n) is 6.57. The molecule has 1 heterocycles. The summed E-state index contributed by atoms with van der Waals surface area (Å²) in [6, 6.07) is 6.76. The molecule has 3 heteroatoms. The zero-order chi connectivity index (χ0) is 13.9. The molecule has 0 bridgehead atoms. The van der Waals surface area contributed by atoms with Crippen molar-refractivity contribution in [3.05, 3.63) is 30.1 Å². The van der Waals surface area contributed by atoms with Gasteiger partial charge in [0, 0.05) is 25.3 Å². The lowest BCUT2D eigenvalue weighted by Crippen LogP contribution is -2.43. The number of nitrogens with zero attached hydrogens (tertiary/aromatic N) is 2. The quantitative estimate of drug-likeness (QED) is 0.883. The average molecular weight is 261 g/mol. The van der Waals surface area contributed by atoms with Crippen LogP contribution in [-0.4, -0.2) is 36.6 Å². The Labute approximate surface area is 117 Å². The van der Waals surface area contributed by atoms with Crippen LogP contribution in [0.4, 0.5) is 0 Å². The maximum Gasteiger partial charge on any atom is 0.0543 e. The molecule has 1 aliphatic carbocycles. The Hall–Kier alpha value is -0.930. The van der Waals surface area contributed by atoms with E-state index < -0.39 is 0 Å². The number of nitrogens with one attached hydrogen (secondary N) is 1. The van der Waals surface area contributed by atoms with Crippen LogP contribution in [0.3, 0.4) is 0 Å². The molecule has 1 saturated carbocycles. The summed E-state index contributed by atoms with van der Waals surface area (Å²) in [5.41, 5.74) is 1.58. The van der Waals surface area contributed by atoms with Crippen molar-refractivity contribution in [1.29, 1.82) is 0 Å². The molecule has 2 unspecified atom stereocenters. The molecule has 3 nitrogen and oxygen atoms in total. The van der Waals surface area contributed by atoms with Crippen LogP contribution in [0.2, 0.25) is 0 Å². The van der Waals surface area contributed by atoms with Crippen molar-refractivity contribution in [3.8, 4) is 0 Å². The Morgan fingerprint density at radius 3 is 2.84 bits per heavy atom. The van der Waals surface area contributed by atoms with Crippen molar-refractivity contribution in [2.45, 2.75) is 39.3 Å². The molecule has 1 N–H and O–H groups in total. The summed E-state index contributed by atoms with van der Waals surface area (Å²) in [7, 11) is 4.30. The highest BCUT2D eigenvalue weighted by Gasteiger charge is 2.40. The first kappa shape index (κ1) is 14.5. The number of hydrogen-bond acceptors (Lipinski definition) is 3. The molecule has 106 valence electrons. The number of hydrogen-bond donors (Lipinski definition) is 1. The van der Waals surface area contributed by atoms with Crippen LogP contribution < -0.4 is 5.32 Å². The molecule has 1 aromatic heterocycles. The summed E-state index contributed by atoms with van der Waals surface area (Å²) in [5.74, 6) is 0.744. The smallest absolute Gasteiger partial charge is 0.0543 e. The van der Waals surface area contributed by atoms with Crippen LogP contribution >= 0.6 is 0 Å². The van der Waals surface area contributed by atoms with E-state index in [9.17, 15) is 0 Å². The van der Waals surface area contributed by atoms with E-state index in [0.29, 0.717) is 11.5 Å². The largest absolute Gasteiger partial charge is 0.316 e. The lowest BCUT2D eigenvalue weighted by Gasteiger charge is -2.32. The molecular weight excluding hydrogens is 234 g/mol. The highest BCUT2D eigenvalue weighted by Crippen LogP contribution is 2.41. The first-order valence-corrected chi connectivity index (χ1v) is 7.28. The first-order valence-electron chi connectivity index (χ1n) is 7.28. The topological polar surface area (TPSA) is 28.2 Å². The van der Waals surface area contributed by atoms with Gasteiger partial charge < -0.3 is 10.2 Å². The second kappa shape index (κ2) is 6.02. The molecule has 2 rings (SSSR count). The van der Waals surface area contributed by atoms with Crippen molar-refractivity contribution in [1.82, 2.24) is 15.2 Å². The molecular formula is C16H27N3. The van der Waals surface area contributed by atoms with Crippen molar-refractivity contribution in [2.75, 3.05) is 20.6 Å². The van der Waals surface area contributed by atoms with Gasteiger partial charge in [-0.15, -0.1) is 0 Å². The van der Waals surface area contributed by atoms with E-state index in [4.69, 9.17) is 0 Å². The molecule has 0 amide bonds. The van der Waals surface area contributed by atoms with Gasteiger partial charge in [-0.05, 0) is 50.4 Å². The van der Waals surface area contributed by atoms with Crippen molar-refractivity contribution < 1.29 is 0 Å². The van der Waals surface area contributed by atoms with Crippen molar-refractivity contribution in [3.63, 3.8) is 0 Å². The molecule has 0 aliphatic heterocycles. The Morgan fingerprint density at radius 1 is 1.42 bits per heavy atom. The van der Waals surface area contributed by atoms with E-state index in [0.717, 1.165) is 24.7 Å². The van der Waals surface area contributed by atoms with E-state index in [2.05, 4.69) is 55.3 Å². The van der Waals surface area contributed by atoms with Crippen LogP contribution in [0, 0.1) is 11.3 Å². The summed E-state index contributed by atoms with van der Waals surface area (Å²) >= 11 is 0. The summed E-state index contributed by atoms with van der Waals surface area (Å²) < 4.78 is 0. The second-order valence-corrected chi connectivity index (χ2v) is 6.57. The fraction of sp³-hybridized carbons (Fsp3) is 0.688. The van der Waals surface area contributed by atoms with Gasteiger partial charge in [0.05, 0.1) is 5.69 Å². The van der Waals surface area contributed by atoms with Crippen LogP contribution in [0.15, 0.2) is 24.4 Å². The standard InChI is InChI=1S/C16H27N3/c1-16(2)9-8-13(15(16)17-3)11-19(4)12-14-7-5-6-10-18-14/h5-7,10,13,15,17H,8-9,11-12H2,1-4H3. The average Bonchev–Trinajstić information content (AvgIpc) is 2.65. The van der Waals surface area contributed by atoms with Crippen LogP contribution in [-0.2, 0) is 6.54 Å². The van der Waals surface area contributed by atoms with E-state index in [1.807, 2.05) is 12.3 Å². The summed E-state index contributed by atoms with van der Waals surface area (Å²) in [4.78, 5) is 6.81. The predicted molar refractivity (Wildman–Crippen MR) is 79.9 cm³/mol. The van der Waals surface area contributed by atoms with Gasteiger partial charge in [0.2, 0.25) is 0 Å². The van der Waals surface area contributed by atoms with E-state index >= 15 is 0 Å². The van der Waals surface area contributed by atoms with Crippen LogP contribution in [0.25, 0.3) is 0 Å². The highest BCUT2D eigenvalue weighted by atomic mass is 15.1. The lowest BCUT2D eigenvalue weighted by atomic mass is 9.85. The minimum atomic E-state index is 0.422. The molecule has 1 aliphatic rings. The molecule has 19 heavy (non-hydrogen) atoms. The summed E-state index contributed by atoms with van der Waals surface area (Å²) in [5, 5.41) is 3.53. The third-order valence-corrected chi connectivity index (χ3v) is 4.49. The molecule has 0 spiro atoms. The van der Waals surface area contributed by atoms with Gasteiger partial charge in [-0.1, -0.05) is 19.9 Å². The molecule has 2 atom stereocenters. The zero-order valence-electron chi connectivity index (χ0n) is 12.7. The Balaban J connectivity index is 1.91. The third kappa shape index (κ3) is 3.54. The molecule has 0 aromatic carbocycles. The normalized spacial score (nSPS) is 25.9. The third-order valence-electron chi connectivity index (χ3n) is 4.49. The lowest BCUT2D eigenvalue weighted by molar-refractivity contribution is 0.206. The Bertz CT molecular complexity index is 388. The van der Waals surface area contributed by atoms with Crippen molar-refractivity contribution in [2.24, 2.45) is 11.3 Å². The maximum atomic E-state index is 4.40. The summed E-state index contributed by atoms with van der Waals surface area (Å²) in [6.45, 7) is 6.85. The molecule has 0 radical (unpaired) electrons. The van der Waals surface area contributed by atoms with E-state index in [1.165, 1.54) is 12.8 Å². The fourth-order valence-electron chi connectivity index (χ4n) is 3.57. The number of rotatable bonds is 5. The monoisotopic (exact) mass is 261 g/mol. The van der Waals surface area contributed by atoms with Gasteiger partial charge >= 0.3 is 0 Å².